The van der Waals surface area contributed by atoms with Gasteiger partial charge in [0.1, 0.15) is 0 Å². The summed E-state index contributed by atoms with van der Waals surface area (Å²) in [6.45, 7) is 5.53. The molecule has 2 saturated heterocycles. The number of imidazole rings is 1. The van der Waals surface area contributed by atoms with E-state index in [1.807, 2.05) is 18.7 Å². The summed E-state index contributed by atoms with van der Waals surface area (Å²) in [6.07, 6.45) is 15.3. The van der Waals surface area contributed by atoms with Crippen LogP contribution in [0.25, 0.3) is 0 Å². The summed E-state index contributed by atoms with van der Waals surface area (Å²) in [7, 11) is 0. The number of hydrogen-bond acceptors (Lipinski definition) is 3. The molecule has 0 bridgehead atoms. The molecule has 24 heavy (non-hydrogen) atoms. The lowest BCUT2D eigenvalue weighted by Crippen LogP contribution is -2.54. The van der Waals surface area contributed by atoms with Crippen LogP contribution < -0.4 is 0 Å². The number of nitrogens with zero attached hydrogens (tertiary/aromatic N) is 4. The van der Waals surface area contributed by atoms with Crippen molar-refractivity contribution in [2.75, 3.05) is 26.2 Å². The van der Waals surface area contributed by atoms with E-state index in [9.17, 15) is 4.79 Å². The summed E-state index contributed by atoms with van der Waals surface area (Å²) in [4.78, 5) is 21.4. The minimum atomic E-state index is 0.405. The van der Waals surface area contributed by atoms with Crippen molar-refractivity contribution in [3.8, 4) is 0 Å². The van der Waals surface area contributed by atoms with E-state index in [-0.39, 0.29) is 0 Å². The lowest BCUT2D eigenvalue weighted by Gasteiger charge is -2.49. The van der Waals surface area contributed by atoms with Gasteiger partial charge in [-0.2, -0.15) is 0 Å². The van der Waals surface area contributed by atoms with Crippen LogP contribution in [0.3, 0.4) is 0 Å². The fourth-order valence-corrected chi connectivity index (χ4v) is 4.93. The van der Waals surface area contributed by atoms with Crippen molar-refractivity contribution < 1.29 is 4.79 Å². The average molecular weight is 330 g/mol. The molecular weight excluding hydrogens is 300 g/mol. The third-order valence-electron chi connectivity index (χ3n) is 6.61. The Labute approximate surface area is 145 Å². The molecule has 1 aromatic heterocycles. The van der Waals surface area contributed by atoms with E-state index in [4.69, 9.17) is 0 Å². The molecule has 3 heterocycles. The van der Waals surface area contributed by atoms with Gasteiger partial charge in [-0.3, -0.25) is 4.79 Å². The fraction of sp³-hybridized carbons (Fsp3) is 0.789. The van der Waals surface area contributed by atoms with Crippen LogP contribution in [-0.2, 0) is 11.3 Å². The van der Waals surface area contributed by atoms with Crippen molar-refractivity contribution in [2.24, 2.45) is 5.41 Å². The molecule has 0 atom stereocenters. The Kier molecular flexibility index (Phi) is 4.61. The van der Waals surface area contributed by atoms with Crippen LogP contribution in [0.5, 0.6) is 0 Å². The molecule has 5 nitrogen and oxygen atoms in total. The van der Waals surface area contributed by atoms with Gasteiger partial charge < -0.3 is 14.4 Å². The van der Waals surface area contributed by atoms with E-state index in [1.165, 1.54) is 51.6 Å². The molecule has 1 saturated carbocycles. The molecule has 2 aliphatic heterocycles. The average Bonchev–Trinajstić information content (AvgIpc) is 3.30. The van der Waals surface area contributed by atoms with Gasteiger partial charge in [-0.15, -0.1) is 0 Å². The third kappa shape index (κ3) is 3.37. The van der Waals surface area contributed by atoms with Crippen LogP contribution in [0.4, 0.5) is 0 Å². The number of rotatable bonds is 4. The first-order chi connectivity index (χ1) is 11.7. The molecule has 0 aromatic carbocycles. The van der Waals surface area contributed by atoms with Crippen molar-refractivity contribution in [1.29, 1.82) is 0 Å². The second-order valence-corrected chi connectivity index (χ2v) is 8.10. The number of carbonyl (C=O) groups excluding carboxylic acids is 1. The van der Waals surface area contributed by atoms with Crippen molar-refractivity contribution in [3.05, 3.63) is 18.7 Å². The molecule has 0 N–H and O–H groups in total. The predicted molar refractivity (Wildman–Crippen MR) is 93.5 cm³/mol. The Morgan fingerprint density at radius 2 is 1.92 bits per heavy atom. The summed E-state index contributed by atoms with van der Waals surface area (Å²) in [5.74, 6) is 0.426. The Morgan fingerprint density at radius 3 is 2.62 bits per heavy atom. The predicted octanol–water partition coefficient (Wildman–Crippen LogP) is 2.53. The summed E-state index contributed by atoms with van der Waals surface area (Å²) < 4.78 is 2.16. The maximum Gasteiger partial charge on any atom is 0.222 e. The smallest absolute Gasteiger partial charge is 0.222 e. The largest absolute Gasteiger partial charge is 0.339 e. The molecule has 132 valence electrons. The lowest BCUT2D eigenvalue weighted by molar-refractivity contribution is -0.142. The van der Waals surface area contributed by atoms with E-state index in [2.05, 4.69) is 19.4 Å². The van der Waals surface area contributed by atoms with Crippen LogP contribution in [0.15, 0.2) is 18.7 Å². The maximum atomic E-state index is 12.4. The SMILES string of the molecule is O=C1CCC2(CCN(CCn3ccnc3)CC2)CN1C1CCCC1. The summed E-state index contributed by atoms with van der Waals surface area (Å²) >= 11 is 0. The molecule has 0 unspecified atom stereocenters. The highest BCUT2D eigenvalue weighted by molar-refractivity contribution is 5.77. The Morgan fingerprint density at radius 1 is 1.12 bits per heavy atom. The van der Waals surface area contributed by atoms with Gasteiger partial charge in [-0.1, -0.05) is 12.8 Å². The minimum absolute atomic E-state index is 0.405. The molecule has 1 spiro atoms. The Hall–Kier alpha value is -1.36. The number of amides is 1. The highest BCUT2D eigenvalue weighted by atomic mass is 16.2. The monoisotopic (exact) mass is 330 g/mol. The molecule has 3 fully saturated rings. The molecule has 1 amide bonds. The van der Waals surface area contributed by atoms with E-state index < -0.39 is 0 Å². The zero-order valence-electron chi connectivity index (χ0n) is 14.7. The highest BCUT2D eigenvalue weighted by Gasteiger charge is 2.43. The van der Waals surface area contributed by atoms with Crippen LogP contribution in [0, 0.1) is 5.41 Å². The minimum Gasteiger partial charge on any atom is -0.339 e. The van der Waals surface area contributed by atoms with Crippen LogP contribution in [0.2, 0.25) is 0 Å². The van der Waals surface area contributed by atoms with Gasteiger partial charge in [0.2, 0.25) is 5.91 Å². The van der Waals surface area contributed by atoms with Gasteiger partial charge in [0.05, 0.1) is 6.33 Å². The van der Waals surface area contributed by atoms with Crippen molar-refractivity contribution >= 4 is 5.91 Å². The van der Waals surface area contributed by atoms with Gasteiger partial charge in [0.25, 0.3) is 0 Å². The van der Waals surface area contributed by atoms with Crippen molar-refractivity contribution in [2.45, 2.75) is 64.0 Å². The zero-order chi connectivity index (χ0) is 16.4. The maximum absolute atomic E-state index is 12.4. The first kappa shape index (κ1) is 16.1. The summed E-state index contributed by atoms with van der Waals surface area (Å²) in [5.41, 5.74) is 0.405. The molecule has 1 aromatic rings. The number of aromatic nitrogens is 2. The normalized spacial score (nSPS) is 25.7. The van der Waals surface area contributed by atoms with Gasteiger partial charge in [0.15, 0.2) is 0 Å². The number of hydrogen-bond donors (Lipinski definition) is 0. The van der Waals surface area contributed by atoms with Crippen LogP contribution in [-0.4, -0.2) is 57.5 Å². The molecule has 5 heteroatoms. The van der Waals surface area contributed by atoms with E-state index in [0.29, 0.717) is 17.4 Å². The fourth-order valence-electron chi connectivity index (χ4n) is 4.93. The molecule has 3 aliphatic rings. The standard InChI is InChI=1S/C19H30N4O/c24-18-5-6-19(15-23(18)17-3-1-2-4-17)7-10-21(11-8-19)13-14-22-12-9-20-16-22/h9,12,16-17H,1-8,10-11,13-15H2. The topological polar surface area (TPSA) is 41.4 Å². The molecule has 4 rings (SSSR count). The molecule has 0 radical (unpaired) electrons. The second-order valence-electron chi connectivity index (χ2n) is 8.10. The van der Waals surface area contributed by atoms with Gasteiger partial charge in [-0.05, 0) is 50.6 Å². The quantitative estimate of drug-likeness (QED) is 0.852. The second kappa shape index (κ2) is 6.87. The van der Waals surface area contributed by atoms with Crippen LogP contribution in [0.1, 0.15) is 51.4 Å². The third-order valence-corrected chi connectivity index (χ3v) is 6.61. The molecule has 1 aliphatic carbocycles. The zero-order valence-corrected chi connectivity index (χ0v) is 14.7. The number of piperidine rings is 2. The first-order valence-electron chi connectivity index (χ1n) is 9.72. The van der Waals surface area contributed by atoms with Gasteiger partial charge >= 0.3 is 0 Å². The Bertz CT molecular complexity index is 542. The number of carbonyl (C=O) groups is 1. The van der Waals surface area contributed by atoms with E-state index in [1.54, 1.807) is 0 Å². The van der Waals surface area contributed by atoms with Gasteiger partial charge in [-0.25, -0.2) is 4.98 Å². The lowest BCUT2D eigenvalue weighted by atomic mass is 9.72. The number of likely N-dealkylation sites (tertiary alicyclic amines) is 2. The van der Waals surface area contributed by atoms with Gasteiger partial charge in [0, 0.05) is 44.5 Å². The summed E-state index contributed by atoms with van der Waals surface area (Å²) in [6, 6.07) is 0.550. The van der Waals surface area contributed by atoms with E-state index >= 15 is 0 Å². The molecular formula is C19H30N4O. The van der Waals surface area contributed by atoms with Crippen molar-refractivity contribution in [3.63, 3.8) is 0 Å². The van der Waals surface area contributed by atoms with Crippen molar-refractivity contribution in [1.82, 2.24) is 19.4 Å². The Balaban J connectivity index is 1.31. The first-order valence-corrected chi connectivity index (χ1v) is 9.72. The van der Waals surface area contributed by atoms with Crippen LogP contribution >= 0.6 is 0 Å². The highest BCUT2D eigenvalue weighted by Crippen LogP contribution is 2.42. The summed E-state index contributed by atoms with van der Waals surface area (Å²) in [5, 5.41) is 0. The van der Waals surface area contributed by atoms with E-state index in [0.717, 1.165) is 32.5 Å².